The molecule has 0 spiro atoms. The van der Waals surface area contributed by atoms with Gasteiger partial charge in [-0.1, -0.05) is 77.6 Å². The zero-order valence-electron chi connectivity index (χ0n) is 21.4. The fourth-order valence-corrected chi connectivity index (χ4v) is 4.29. The number of hydrogen-bond acceptors (Lipinski definition) is 8. The number of rotatable bonds is 18. The van der Waals surface area contributed by atoms with Crippen LogP contribution in [0.2, 0.25) is 0 Å². The predicted molar refractivity (Wildman–Crippen MR) is 119 cm³/mol. The van der Waals surface area contributed by atoms with Crippen LogP contribution in [0, 0.1) is 0 Å². The summed E-state index contributed by atoms with van der Waals surface area (Å²) in [7, 11) is -5.01. The van der Waals surface area contributed by atoms with Crippen molar-refractivity contribution in [1.82, 2.24) is 0 Å². The molecule has 196 valence electrons. The smallest absolute Gasteiger partial charge is 0.450 e. The van der Waals surface area contributed by atoms with Gasteiger partial charge in [0.1, 0.15) is 31.0 Å². The van der Waals surface area contributed by atoms with Gasteiger partial charge in [-0.25, -0.2) is 9.36 Å². The van der Waals surface area contributed by atoms with Gasteiger partial charge in [0.05, 0.1) is 0 Å². The standard InChI is InChI=1S/C21H41O11P.2Na/c1-2-3-4-5-6-7-8-9-10-11-12-13-14-29-20-19(32-33(26,27)28)18(23)17(22)16(31-20)15-30-21(24)25;;/h16-20,22-23H,2-15H2,1H3,(H,24,25)(H2,26,27,28);;/q;2*+1/t16-,17-,18+,19-,20+;;/m1../s1. The van der Waals surface area contributed by atoms with Gasteiger partial charge in [-0.3, -0.25) is 4.52 Å². The molecule has 1 heterocycles. The van der Waals surface area contributed by atoms with Crippen LogP contribution in [0.3, 0.4) is 0 Å². The minimum atomic E-state index is -5.01. The quantitative estimate of drug-likeness (QED) is 0.0526. The maximum Gasteiger partial charge on any atom is 1.00 e. The molecule has 35 heavy (non-hydrogen) atoms. The van der Waals surface area contributed by atoms with Crippen LogP contribution in [0.4, 0.5) is 4.79 Å². The molecular formula is C21H41Na2O11P+2. The molecule has 1 aliphatic rings. The molecule has 0 aromatic heterocycles. The van der Waals surface area contributed by atoms with Gasteiger partial charge >= 0.3 is 73.1 Å². The zero-order valence-corrected chi connectivity index (χ0v) is 26.3. The van der Waals surface area contributed by atoms with Crippen molar-refractivity contribution in [2.24, 2.45) is 0 Å². The third kappa shape index (κ3) is 18.2. The molecule has 1 saturated heterocycles. The molecule has 5 atom stereocenters. The first-order valence-electron chi connectivity index (χ1n) is 11.9. The van der Waals surface area contributed by atoms with E-state index in [2.05, 4.69) is 16.2 Å². The largest absolute Gasteiger partial charge is 1.00 e. The number of carboxylic acid groups (broad SMARTS) is 1. The summed E-state index contributed by atoms with van der Waals surface area (Å²) in [6.45, 7) is 1.80. The summed E-state index contributed by atoms with van der Waals surface area (Å²) in [4.78, 5) is 28.8. The van der Waals surface area contributed by atoms with E-state index < -0.39 is 51.3 Å². The molecular weight excluding hydrogens is 505 g/mol. The Labute approximate surface area is 252 Å². The molecule has 0 radical (unpaired) electrons. The molecule has 5 N–H and O–H groups in total. The van der Waals surface area contributed by atoms with Gasteiger partial charge in [0.15, 0.2) is 6.29 Å². The van der Waals surface area contributed by atoms with Crippen LogP contribution in [0.15, 0.2) is 0 Å². The molecule has 0 unspecified atom stereocenters. The normalized spacial score (nSPS) is 24.3. The fourth-order valence-electron chi connectivity index (χ4n) is 3.74. The summed E-state index contributed by atoms with van der Waals surface area (Å²) >= 11 is 0. The molecule has 11 nitrogen and oxygen atoms in total. The van der Waals surface area contributed by atoms with Gasteiger partial charge in [-0.2, -0.15) is 0 Å². The number of aliphatic hydroxyl groups excluding tert-OH is 2. The van der Waals surface area contributed by atoms with Crippen molar-refractivity contribution < 1.29 is 112 Å². The van der Waals surface area contributed by atoms with Crippen LogP contribution in [0.5, 0.6) is 0 Å². The number of carbonyl (C=O) groups is 1. The van der Waals surface area contributed by atoms with Crippen LogP contribution in [0.1, 0.15) is 84.0 Å². The topological polar surface area (TPSA) is 172 Å². The molecule has 0 aromatic rings. The summed E-state index contributed by atoms with van der Waals surface area (Å²) in [6.07, 6.45) is 4.52. The van der Waals surface area contributed by atoms with Crippen molar-refractivity contribution in [3.63, 3.8) is 0 Å². The molecule has 0 amide bonds. The minimum Gasteiger partial charge on any atom is -0.450 e. The summed E-state index contributed by atoms with van der Waals surface area (Å²) in [5, 5.41) is 28.9. The monoisotopic (exact) mass is 546 g/mol. The second-order valence-electron chi connectivity index (χ2n) is 8.42. The van der Waals surface area contributed by atoms with Gasteiger partial charge in [-0.15, -0.1) is 0 Å². The maximum atomic E-state index is 11.2. The van der Waals surface area contributed by atoms with Gasteiger partial charge in [0, 0.05) is 6.61 Å². The Morgan fingerprint density at radius 3 is 1.80 bits per heavy atom. The van der Waals surface area contributed by atoms with Gasteiger partial charge < -0.3 is 39.3 Å². The Kier molecular flexibility index (Phi) is 24.2. The van der Waals surface area contributed by atoms with E-state index in [0.717, 1.165) is 19.3 Å². The number of hydrogen-bond donors (Lipinski definition) is 5. The van der Waals surface area contributed by atoms with Crippen LogP contribution < -0.4 is 59.1 Å². The molecule has 14 heteroatoms. The molecule has 1 aliphatic heterocycles. The fraction of sp³-hybridized carbons (Fsp3) is 0.952. The summed E-state index contributed by atoms with van der Waals surface area (Å²) in [5.41, 5.74) is 0. The van der Waals surface area contributed by atoms with Gasteiger partial charge in [0.25, 0.3) is 0 Å². The average Bonchev–Trinajstić information content (AvgIpc) is 2.74. The Balaban J connectivity index is 0. The van der Waals surface area contributed by atoms with E-state index >= 15 is 0 Å². The van der Waals surface area contributed by atoms with Crippen LogP contribution in [-0.2, 0) is 23.3 Å². The number of unbranched alkanes of at least 4 members (excludes halogenated alkanes) is 11. The average molecular weight is 547 g/mol. The molecule has 1 fully saturated rings. The predicted octanol–water partition coefficient (Wildman–Crippen LogP) is -2.67. The van der Waals surface area contributed by atoms with Gasteiger partial charge in [0.2, 0.25) is 0 Å². The SMILES string of the molecule is CCCCCCCCCCCCCCO[C@H]1O[C@H](COC(=O)O)[C@@H](O)[C@H](O)[C@H]1OP(=O)(O)O.[Na+].[Na+]. The van der Waals surface area contributed by atoms with Crippen molar-refractivity contribution in [2.75, 3.05) is 13.2 Å². The van der Waals surface area contributed by atoms with E-state index in [9.17, 15) is 19.6 Å². The number of aliphatic hydroxyl groups is 2. The summed E-state index contributed by atoms with van der Waals surface area (Å²) < 4.78 is 31.1. The van der Waals surface area contributed by atoms with Crippen LogP contribution in [-0.4, -0.2) is 75.2 Å². The first kappa shape index (κ1) is 38.4. The van der Waals surface area contributed by atoms with E-state index in [1.165, 1.54) is 51.4 Å². The first-order valence-corrected chi connectivity index (χ1v) is 13.4. The Bertz CT molecular complexity index is 581. The summed E-state index contributed by atoms with van der Waals surface area (Å²) in [6, 6.07) is 0. The molecule has 0 bridgehead atoms. The third-order valence-electron chi connectivity index (χ3n) is 5.55. The second-order valence-corrected chi connectivity index (χ2v) is 9.61. The van der Waals surface area contributed by atoms with Crippen molar-refractivity contribution in [3.8, 4) is 0 Å². The van der Waals surface area contributed by atoms with Crippen molar-refractivity contribution in [1.29, 1.82) is 0 Å². The van der Waals surface area contributed by atoms with E-state index in [1.807, 2.05) is 0 Å². The van der Waals surface area contributed by atoms with Crippen LogP contribution >= 0.6 is 7.82 Å². The maximum absolute atomic E-state index is 11.2. The molecule has 0 aliphatic carbocycles. The van der Waals surface area contributed by atoms with Crippen LogP contribution in [0.25, 0.3) is 0 Å². The van der Waals surface area contributed by atoms with E-state index in [1.54, 1.807) is 0 Å². The Morgan fingerprint density at radius 2 is 1.34 bits per heavy atom. The van der Waals surface area contributed by atoms with E-state index in [4.69, 9.17) is 24.4 Å². The van der Waals surface area contributed by atoms with E-state index in [-0.39, 0.29) is 65.7 Å². The number of phosphoric ester groups is 1. The zero-order chi connectivity index (χ0) is 24.7. The first-order chi connectivity index (χ1) is 15.7. The van der Waals surface area contributed by atoms with Crippen molar-refractivity contribution in [3.05, 3.63) is 0 Å². The Morgan fingerprint density at radius 1 is 0.857 bits per heavy atom. The summed E-state index contributed by atoms with van der Waals surface area (Å²) in [5.74, 6) is 0. The van der Waals surface area contributed by atoms with Crippen molar-refractivity contribution >= 4 is 14.0 Å². The van der Waals surface area contributed by atoms with E-state index in [0.29, 0.717) is 6.42 Å². The molecule has 1 rings (SSSR count). The second kappa shape index (κ2) is 22.1. The third-order valence-corrected chi connectivity index (χ3v) is 6.07. The van der Waals surface area contributed by atoms with Gasteiger partial charge in [-0.05, 0) is 6.42 Å². The Hall–Kier alpha value is 1.22. The van der Waals surface area contributed by atoms with Crippen molar-refractivity contribution in [2.45, 2.75) is 115 Å². The number of ether oxygens (including phenoxy) is 3. The molecule has 0 aromatic carbocycles. The minimum absolute atomic E-state index is 0. The number of phosphoric acid groups is 1. The molecule has 0 saturated carbocycles.